The molecular weight excluding hydrogens is 352 g/mol. The molecule has 26 heavy (non-hydrogen) atoms. The molecule has 6 nitrogen and oxygen atoms in total. The summed E-state index contributed by atoms with van der Waals surface area (Å²) in [5.74, 6) is 1.09. The lowest BCUT2D eigenvalue weighted by Gasteiger charge is -2.33. The molecule has 4 rings (SSSR count). The van der Waals surface area contributed by atoms with Crippen molar-refractivity contribution in [2.24, 2.45) is 0 Å². The summed E-state index contributed by atoms with van der Waals surface area (Å²) >= 11 is 0. The molecule has 138 valence electrons. The summed E-state index contributed by atoms with van der Waals surface area (Å²) in [5.41, 5.74) is 0. The van der Waals surface area contributed by atoms with Gasteiger partial charge in [0, 0.05) is 38.8 Å². The average Bonchev–Trinajstić information content (AvgIpc) is 2.69. The van der Waals surface area contributed by atoms with Gasteiger partial charge in [0.15, 0.2) is 11.5 Å². The normalized spacial score (nSPS) is 20.7. The first-order valence-electron chi connectivity index (χ1n) is 8.80. The Morgan fingerprint density at radius 3 is 2.54 bits per heavy atom. The minimum Gasteiger partial charge on any atom is -0.486 e. The van der Waals surface area contributed by atoms with Crippen LogP contribution in [-0.4, -0.2) is 58.8 Å². The SMILES string of the molecule is O=S(=O)(c1ccccc1)c1ccc2c(c1)O[C@@H](CN1CCNCC1)CO2. The number of piperazine rings is 1. The van der Waals surface area contributed by atoms with Crippen molar-refractivity contribution in [3.8, 4) is 11.5 Å². The van der Waals surface area contributed by atoms with Crippen molar-refractivity contribution in [3.63, 3.8) is 0 Å². The predicted octanol–water partition coefficient (Wildman–Crippen LogP) is 1.56. The molecule has 0 radical (unpaired) electrons. The second-order valence-electron chi connectivity index (χ2n) is 6.53. The maximum Gasteiger partial charge on any atom is 0.206 e. The van der Waals surface area contributed by atoms with Gasteiger partial charge in [-0.15, -0.1) is 0 Å². The molecule has 1 fully saturated rings. The number of benzene rings is 2. The minimum absolute atomic E-state index is 0.102. The monoisotopic (exact) mass is 374 g/mol. The van der Waals surface area contributed by atoms with E-state index >= 15 is 0 Å². The third kappa shape index (κ3) is 3.56. The zero-order valence-corrected chi connectivity index (χ0v) is 15.2. The van der Waals surface area contributed by atoms with Crippen LogP contribution in [0.3, 0.4) is 0 Å². The molecule has 2 aliphatic heterocycles. The Hall–Kier alpha value is -2.09. The van der Waals surface area contributed by atoms with Crippen LogP contribution in [0.25, 0.3) is 0 Å². The summed E-state index contributed by atoms with van der Waals surface area (Å²) in [6, 6.07) is 13.2. The Bertz CT molecular complexity index is 864. The first-order chi connectivity index (χ1) is 12.6. The molecule has 2 aromatic carbocycles. The number of sulfone groups is 1. The highest BCUT2D eigenvalue weighted by molar-refractivity contribution is 7.91. The van der Waals surface area contributed by atoms with Crippen molar-refractivity contribution in [1.82, 2.24) is 10.2 Å². The van der Waals surface area contributed by atoms with E-state index in [1.54, 1.807) is 48.5 Å². The van der Waals surface area contributed by atoms with E-state index in [1.807, 2.05) is 0 Å². The van der Waals surface area contributed by atoms with Gasteiger partial charge in [-0.25, -0.2) is 8.42 Å². The van der Waals surface area contributed by atoms with Crippen LogP contribution in [0.2, 0.25) is 0 Å². The molecule has 1 N–H and O–H groups in total. The Morgan fingerprint density at radius 1 is 1.00 bits per heavy atom. The minimum atomic E-state index is -3.57. The number of rotatable bonds is 4. The summed E-state index contributed by atoms with van der Waals surface area (Å²) in [7, 11) is -3.57. The van der Waals surface area contributed by atoms with Gasteiger partial charge in [-0.1, -0.05) is 18.2 Å². The van der Waals surface area contributed by atoms with Crippen molar-refractivity contribution >= 4 is 9.84 Å². The molecule has 0 amide bonds. The molecule has 0 unspecified atom stereocenters. The van der Waals surface area contributed by atoms with Gasteiger partial charge in [0.1, 0.15) is 12.7 Å². The standard InChI is InChI=1S/C19H22N2O4S/c22-26(23,16-4-2-1-3-5-16)17-6-7-18-19(12-17)25-15(14-24-18)13-21-10-8-20-9-11-21/h1-7,12,15,20H,8-11,13-14H2/t15-/m0/s1. The summed E-state index contributed by atoms with van der Waals surface area (Å²) in [6.07, 6.45) is -0.102. The second-order valence-corrected chi connectivity index (χ2v) is 8.48. The lowest BCUT2D eigenvalue weighted by Crippen LogP contribution is -2.49. The second kappa shape index (κ2) is 7.26. The van der Waals surface area contributed by atoms with Crippen LogP contribution >= 0.6 is 0 Å². The number of ether oxygens (including phenoxy) is 2. The lowest BCUT2D eigenvalue weighted by atomic mass is 10.2. The van der Waals surface area contributed by atoms with Crippen molar-refractivity contribution in [2.45, 2.75) is 15.9 Å². The average molecular weight is 374 g/mol. The zero-order valence-electron chi connectivity index (χ0n) is 14.4. The van der Waals surface area contributed by atoms with E-state index in [2.05, 4.69) is 10.2 Å². The third-order valence-electron chi connectivity index (χ3n) is 4.67. The summed E-state index contributed by atoms with van der Waals surface area (Å²) in [5, 5.41) is 3.33. The molecule has 7 heteroatoms. The number of hydrogen-bond acceptors (Lipinski definition) is 6. The number of nitrogens with one attached hydrogen (secondary N) is 1. The van der Waals surface area contributed by atoms with Gasteiger partial charge >= 0.3 is 0 Å². The highest BCUT2D eigenvalue weighted by atomic mass is 32.2. The van der Waals surface area contributed by atoms with Gasteiger partial charge in [-0.3, -0.25) is 4.90 Å². The molecular formula is C19H22N2O4S. The van der Waals surface area contributed by atoms with E-state index in [4.69, 9.17) is 9.47 Å². The quantitative estimate of drug-likeness (QED) is 0.876. The van der Waals surface area contributed by atoms with Crippen molar-refractivity contribution in [3.05, 3.63) is 48.5 Å². The van der Waals surface area contributed by atoms with Crippen LogP contribution in [0.1, 0.15) is 0 Å². The molecule has 0 bridgehead atoms. The van der Waals surface area contributed by atoms with E-state index in [1.165, 1.54) is 0 Å². The Morgan fingerprint density at radius 2 is 1.77 bits per heavy atom. The van der Waals surface area contributed by atoms with Crippen LogP contribution in [0, 0.1) is 0 Å². The number of hydrogen-bond donors (Lipinski definition) is 1. The van der Waals surface area contributed by atoms with Crippen LogP contribution in [0.4, 0.5) is 0 Å². The van der Waals surface area contributed by atoms with Gasteiger partial charge < -0.3 is 14.8 Å². The molecule has 2 aliphatic rings. The molecule has 0 aliphatic carbocycles. The number of fused-ring (bicyclic) bond motifs is 1. The van der Waals surface area contributed by atoms with Crippen LogP contribution in [0.5, 0.6) is 11.5 Å². The maximum absolute atomic E-state index is 12.8. The van der Waals surface area contributed by atoms with E-state index in [0.717, 1.165) is 32.7 Å². The molecule has 1 saturated heterocycles. The first-order valence-corrected chi connectivity index (χ1v) is 10.3. The van der Waals surface area contributed by atoms with Crippen molar-refractivity contribution in [1.29, 1.82) is 0 Å². The summed E-state index contributed by atoms with van der Waals surface area (Å²) in [6.45, 7) is 5.16. The van der Waals surface area contributed by atoms with E-state index in [0.29, 0.717) is 18.1 Å². The van der Waals surface area contributed by atoms with Crippen LogP contribution in [-0.2, 0) is 9.84 Å². The Kier molecular flexibility index (Phi) is 4.84. The van der Waals surface area contributed by atoms with Crippen LogP contribution < -0.4 is 14.8 Å². The Labute approximate surface area is 153 Å². The van der Waals surface area contributed by atoms with E-state index in [9.17, 15) is 8.42 Å². The highest BCUT2D eigenvalue weighted by Gasteiger charge is 2.26. The summed E-state index contributed by atoms with van der Waals surface area (Å²) < 4.78 is 37.5. The molecule has 1 atom stereocenters. The number of nitrogens with zero attached hydrogens (tertiary/aromatic N) is 1. The first kappa shape index (κ1) is 17.3. The smallest absolute Gasteiger partial charge is 0.206 e. The summed E-state index contributed by atoms with van der Waals surface area (Å²) in [4.78, 5) is 2.82. The van der Waals surface area contributed by atoms with Crippen molar-refractivity contribution < 1.29 is 17.9 Å². The predicted molar refractivity (Wildman–Crippen MR) is 97.6 cm³/mol. The Balaban J connectivity index is 1.54. The maximum atomic E-state index is 12.8. The molecule has 0 aromatic heterocycles. The topological polar surface area (TPSA) is 67.9 Å². The zero-order chi connectivity index (χ0) is 18.0. The fourth-order valence-corrected chi connectivity index (χ4v) is 4.57. The molecule has 2 heterocycles. The lowest BCUT2D eigenvalue weighted by molar-refractivity contribution is 0.0550. The molecule has 0 spiro atoms. The van der Waals surface area contributed by atoms with E-state index in [-0.39, 0.29) is 15.9 Å². The van der Waals surface area contributed by atoms with Gasteiger partial charge in [-0.05, 0) is 24.3 Å². The fraction of sp³-hybridized carbons (Fsp3) is 0.368. The van der Waals surface area contributed by atoms with Gasteiger partial charge in [0.05, 0.1) is 9.79 Å². The molecule has 0 saturated carbocycles. The molecule has 2 aromatic rings. The van der Waals surface area contributed by atoms with Gasteiger partial charge in [0.2, 0.25) is 9.84 Å². The van der Waals surface area contributed by atoms with Gasteiger partial charge in [0.25, 0.3) is 0 Å². The van der Waals surface area contributed by atoms with Crippen molar-refractivity contribution in [2.75, 3.05) is 39.3 Å². The van der Waals surface area contributed by atoms with Crippen LogP contribution in [0.15, 0.2) is 58.3 Å². The highest BCUT2D eigenvalue weighted by Crippen LogP contribution is 2.35. The third-order valence-corrected chi connectivity index (χ3v) is 6.44. The van der Waals surface area contributed by atoms with E-state index < -0.39 is 9.84 Å². The fourth-order valence-electron chi connectivity index (χ4n) is 3.27. The van der Waals surface area contributed by atoms with Gasteiger partial charge in [-0.2, -0.15) is 0 Å². The largest absolute Gasteiger partial charge is 0.486 e.